The van der Waals surface area contributed by atoms with Crippen molar-refractivity contribution in [1.29, 1.82) is 0 Å². The quantitative estimate of drug-likeness (QED) is 0.515. The molecule has 11 heavy (non-hydrogen) atoms. The number of hydrogen-bond donors (Lipinski definition) is 2. The van der Waals surface area contributed by atoms with E-state index in [2.05, 4.69) is 0 Å². The highest BCUT2D eigenvalue weighted by atomic mass is 16.3. The van der Waals surface area contributed by atoms with Crippen molar-refractivity contribution >= 4 is 6.29 Å². The molecule has 0 spiro atoms. The molecule has 0 rings (SSSR count). The molecule has 0 radical (unpaired) electrons. The van der Waals surface area contributed by atoms with Crippen molar-refractivity contribution in [3.8, 4) is 0 Å². The van der Waals surface area contributed by atoms with E-state index < -0.39 is 12.1 Å². The highest BCUT2D eigenvalue weighted by Crippen LogP contribution is 1.80. The molecule has 0 saturated carbocycles. The SMILES string of the molecule is CC(O)C(N)C=O.CN(C)C. The molecule has 0 bridgehead atoms. The van der Waals surface area contributed by atoms with Crippen LogP contribution >= 0.6 is 0 Å². The second-order valence-corrected chi connectivity index (χ2v) is 2.80. The van der Waals surface area contributed by atoms with Gasteiger partial charge in [-0.25, -0.2) is 0 Å². The fourth-order valence-corrected chi connectivity index (χ4v) is 0.114. The van der Waals surface area contributed by atoms with Crippen LogP contribution in [0.5, 0.6) is 0 Å². The number of nitrogens with two attached hydrogens (primary N) is 1. The van der Waals surface area contributed by atoms with E-state index in [0.717, 1.165) is 0 Å². The molecule has 0 heterocycles. The van der Waals surface area contributed by atoms with Crippen LogP contribution in [0.25, 0.3) is 0 Å². The van der Waals surface area contributed by atoms with Crippen LogP contribution in [0.3, 0.4) is 0 Å². The molecule has 0 aromatic carbocycles. The smallest absolute Gasteiger partial charge is 0.139 e. The molecule has 0 aromatic heterocycles. The summed E-state index contributed by atoms with van der Waals surface area (Å²) < 4.78 is 0. The average molecular weight is 162 g/mol. The molecule has 0 aliphatic carbocycles. The van der Waals surface area contributed by atoms with E-state index in [0.29, 0.717) is 6.29 Å². The molecular formula is C7H18N2O2. The third-order valence-corrected chi connectivity index (χ3v) is 0.714. The van der Waals surface area contributed by atoms with E-state index in [1.165, 1.54) is 6.92 Å². The molecule has 2 unspecified atom stereocenters. The van der Waals surface area contributed by atoms with Gasteiger partial charge in [-0.05, 0) is 28.1 Å². The lowest BCUT2D eigenvalue weighted by Crippen LogP contribution is -2.33. The van der Waals surface area contributed by atoms with E-state index in [1.807, 2.05) is 26.0 Å². The summed E-state index contributed by atoms with van der Waals surface area (Å²) >= 11 is 0. The summed E-state index contributed by atoms with van der Waals surface area (Å²) in [4.78, 5) is 11.7. The minimum Gasteiger partial charge on any atom is -0.391 e. The molecule has 3 N–H and O–H groups in total. The summed E-state index contributed by atoms with van der Waals surface area (Å²) in [7, 11) is 6.00. The lowest BCUT2D eigenvalue weighted by molar-refractivity contribution is -0.110. The van der Waals surface area contributed by atoms with Crippen LogP contribution in [0.2, 0.25) is 0 Å². The van der Waals surface area contributed by atoms with E-state index in [1.54, 1.807) is 0 Å². The highest BCUT2D eigenvalue weighted by molar-refractivity contribution is 5.57. The Bertz CT molecular complexity index is 91.7. The molecule has 0 aliphatic rings. The van der Waals surface area contributed by atoms with Crippen LogP contribution in [0.15, 0.2) is 0 Å². The fraction of sp³-hybridized carbons (Fsp3) is 0.857. The summed E-state index contributed by atoms with van der Waals surface area (Å²) in [5.74, 6) is 0. The number of aldehydes is 1. The zero-order chi connectivity index (χ0) is 9.44. The largest absolute Gasteiger partial charge is 0.391 e. The third kappa shape index (κ3) is 17.7. The van der Waals surface area contributed by atoms with Crippen LogP contribution in [0.1, 0.15) is 6.92 Å². The van der Waals surface area contributed by atoms with Gasteiger partial charge >= 0.3 is 0 Å². The van der Waals surface area contributed by atoms with Crippen molar-refractivity contribution in [2.75, 3.05) is 21.1 Å². The van der Waals surface area contributed by atoms with E-state index in [9.17, 15) is 4.79 Å². The van der Waals surface area contributed by atoms with Gasteiger partial charge in [0.05, 0.1) is 12.1 Å². The molecule has 4 nitrogen and oxygen atoms in total. The Morgan fingerprint density at radius 2 is 1.73 bits per heavy atom. The Labute approximate surface area is 68.0 Å². The summed E-state index contributed by atoms with van der Waals surface area (Å²) in [5, 5.41) is 8.46. The first-order chi connectivity index (χ1) is 4.91. The Hall–Kier alpha value is -0.450. The third-order valence-electron chi connectivity index (χ3n) is 0.714. The van der Waals surface area contributed by atoms with Crippen LogP contribution < -0.4 is 5.73 Å². The molecule has 0 fully saturated rings. The van der Waals surface area contributed by atoms with Gasteiger partial charge in [-0.3, -0.25) is 0 Å². The van der Waals surface area contributed by atoms with Crippen LogP contribution in [-0.4, -0.2) is 49.6 Å². The van der Waals surface area contributed by atoms with Crippen molar-refractivity contribution < 1.29 is 9.90 Å². The Morgan fingerprint density at radius 1 is 1.45 bits per heavy atom. The van der Waals surface area contributed by atoms with Gasteiger partial charge in [0, 0.05) is 0 Å². The predicted molar refractivity (Wildman–Crippen MR) is 45.3 cm³/mol. The number of rotatable bonds is 2. The van der Waals surface area contributed by atoms with Crippen LogP contribution in [0, 0.1) is 0 Å². The second kappa shape index (κ2) is 7.65. The summed E-state index contributed by atoms with van der Waals surface area (Å²) in [5.41, 5.74) is 5.00. The first-order valence-corrected chi connectivity index (χ1v) is 3.41. The van der Waals surface area contributed by atoms with Gasteiger partial charge in [0.15, 0.2) is 0 Å². The van der Waals surface area contributed by atoms with Gasteiger partial charge in [-0.2, -0.15) is 0 Å². The predicted octanol–water partition coefficient (Wildman–Crippen LogP) is -0.929. The first kappa shape index (κ1) is 13.2. The standard InChI is InChI=1S/C4H9NO2.C3H9N/c1-3(7)4(5)2-6;1-4(2)3/h2-4,7H,5H2,1H3;1-3H3. The minimum atomic E-state index is -0.725. The Balaban J connectivity index is 0. The van der Waals surface area contributed by atoms with Gasteiger partial charge in [0.1, 0.15) is 6.29 Å². The number of aliphatic hydroxyl groups is 1. The van der Waals surface area contributed by atoms with E-state index in [-0.39, 0.29) is 0 Å². The summed E-state index contributed by atoms with van der Waals surface area (Å²) in [6.07, 6.45) is -0.206. The van der Waals surface area contributed by atoms with Crippen molar-refractivity contribution in [1.82, 2.24) is 4.90 Å². The minimum absolute atomic E-state index is 0.519. The van der Waals surface area contributed by atoms with Crippen molar-refractivity contribution in [3.63, 3.8) is 0 Å². The van der Waals surface area contributed by atoms with Crippen molar-refractivity contribution in [2.24, 2.45) is 5.73 Å². The maximum Gasteiger partial charge on any atom is 0.139 e. The van der Waals surface area contributed by atoms with E-state index >= 15 is 0 Å². The van der Waals surface area contributed by atoms with Crippen LogP contribution in [-0.2, 0) is 4.79 Å². The highest BCUT2D eigenvalue weighted by Gasteiger charge is 2.04. The molecule has 0 aromatic rings. The normalized spacial score (nSPS) is 14.8. The van der Waals surface area contributed by atoms with Crippen molar-refractivity contribution in [2.45, 2.75) is 19.1 Å². The van der Waals surface area contributed by atoms with Gasteiger partial charge in [-0.15, -0.1) is 0 Å². The molecule has 4 heteroatoms. The Kier molecular flexibility index (Phi) is 9.16. The zero-order valence-corrected chi connectivity index (χ0v) is 7.61. The fourth-order valence-electron chi connectivity index (χ4n) is 0.114. The van der Waals surface area contributed by atoms with Gasteiger partial charge < -0.3 is 20.5 Å². The van der Waals surface area contributed by atoms with E-state index in [4.69, 9.17) is 10.8 Å². The second-order valence-electron chi connectivity index (χ2n) is 2.80. The maximum atomic E-state index is 9.66. The Morgan fingerprint density at radius 3 is 1.73 bits per heavy atom. The number of aliphatic hydroxyl groups excluding tert-OH is 1. The summed E-state index contributed by atoms with van der Waals surface area (Å²) in [6.45, 7) is 1.47. The number of hydrogen-bond acceptors (Lipinski definition) is 4. The first-order valence-electron chi connectivity index (χ1n) is 3.41. The monoisotopic (exact) mass is 162 g/mol. The lowest BCUT2D eigenvalue weighted by atomic mass is 10.2. The molecule has 0 aliphatic heterocycles. The number of carbonyl (C=O) groups excluding carboxylic acids is 1. The molecule has 2 atom stereocenters. The lowest BCUT2D eigenvalue weighted by Gasteiger charge is -2.03. The molecule has 68 valence electrons. The molecule has 0 amide bonds. The summed E-state index contributed by atoms with van der Waals surface area (Å²) in [6, 6.07) is -0.722. The molecular weight excluding hydrogens is 144 g/mol. The van der Waals surface area contributed by atoms with Gasteiger partial charge in [-0.1, -0.05) is 0 Å². The average Bonchev–Trinajstić information content (AvgIpc) is 1.85. The van der Waals surface area contributed by atoms with Gasteiger partial charge in [0.25, 0.3) is 0 Å². The zero-order valence-electron chi connectivity index (χ0n) is 7.61. The maximum absolute atomic E-state index is 9.66. The van der Waals surface area contributed by atoms with Crippen LogP contribution in [0.4, 0.5) is 0 Å². The van der Waals surface area contributed by atoms with Crippen molar-refractivity contribution in [3.05, 3.63) is 0 Å². The number of carbonyl (C=O) groups is 1. The molecule has 0 saturated heterocycles. The topological polar surface area (TPSA) is 66.6 Å². The number of nitrogens with zero attached hydrogens (tertiary/aromatic N) is 1. The van der Waals surface area contributed by atoms with Gasteiger partial charge in [0.2, 0.25) is 0 Å².